The number of rotatable bonds is 2. The first-order valence-corrected chi connectivity index (χ1v) is 7.91. The number of aryl methyl sites for hydroxylation is 1. The second-order valence-electron chi connectivity index (χ2n) is 6.74. The van der Waals surface area contributed by atoms with Crippen molar-refractivity contribution in [2.75, 3.05) is 7.05 Å². The number of benzene rings is 1. The minimum atomic E-state index is -0.143. The summed E-state index contributed by atoms with van der Waals surface area (Å²) in [6.07, 6.45) is 6.51. The zero-order chi connectivity index (χ0) is 15.9. The third-order valence-corrected chi connectivity index (χ3v) is 4.81. The topological polar surface area (TPSA) is 16.1 Å². The third-order valence-electron chi connectivity index (χ3n) is 4.81. The molecular weight excluding hydrogens is 268 g/mol. The quantitative estimate of drug-likeness (QED) is 0.846. The van der Waals surface area contributed by atoms with Crippen LogP contribution in [0.2, 0.25) is 0 Å². The van der Waals surface area contributed by atoms with E-state index in [1.807, 2.05) is 6.20 Å². The van der Waals surface area contributed by atoms with Crippen molar-refractivity contribution in [1.29, 1.82) is 0 Å². The van der Waals surface area contributed by atoms with Gasteiger partial charge < -0.3 is 4.90 Å². The van der Waals surface area contributed by atoms with Gasteiger partial charge in [-0.1, -0.05) is 38.1 Å². The van der Waals surface area contributed by atoms with Crippen LogP contribution in [0.15, 0.2) is 36.5 Å². The van der Waals surface area contributed by atoms with Gasteiger partial charge in [0.1, 0.15) is 0 Å². The molecule has 1 unspecified atom stereocenters. The molecule has 1 aromatic heterocycles. The Kier molecular flexibility index (Phi) is 3.56. The maximum absolute atomic E-state index is 4.64. The Morgan fingerprint density at radius 1 is 1.18 bits per heavy atom. The first kappa shape index (κ1) is 14.8. The molecule has 3 rings (SSSR count). The lowest BCUT2D eigenvalue weighted by atomic mass is 9.85. The zero-order valence-corrected chi connectivity index (χ0v) is 14.1. The minimum Gasteiger partial charge on any atom is -0.366 e. The summed E-state index contributed by atoms with van der Waals surface area (Å²) >= 11 is 0. The Morgan fingerprint density at radius 2 is 1.91 bits per heavy atom. The van der Waals surface area contributed by atoms with Crippen LogP contribution >= 0.6 is 0 Å². The van der Waals surface area contributed by atoms with E-state index in [0.717, 1.165) is 5.35 Å². The number of hydrogen-bond acceptors (Lipinski definition) is 2. The predicted octanol–water partition coefficient (Wildman–Crippen LogP) is 2.89. The Hall–Kier alpha value is -2.09. The summed E-state index contributed by atoms with van der Waals surface area (Å²) < 4.78 is 0. The fraction of sp³-hybridized carbons (Fsp3) is 0.350. The fourth-order valence-electron chi connectivity index (χ4n) is 3.18. The van der Waals surface area contributed by atoms with Crippen molar-refractivity contribution in [2.24, 2.45) is 0 Å². The third kappa shape index (κ3) is 2.33. The molecule has 0 saturated heterocycles. The predicted molar refractivity (Wildman–Crippen MR) is 92.8 cm³/mol. The van der Waals surface area contributed by atoms with Gasteiger partial charge in [0.05, 0.1) is 10.9 Å². The molecule has 0 N–H and O–H groups in total. The molecule has 2 heteroatoms. The summed E-state index contributed by atoms with van der Waals surface area (Å²) in [6.45, 7) is 8.88. The molecular formula is C20H24N2. The summed E-state index contributed by atoms with van der Waals surface area (Å²) in [5.41, 5.74) is 3.81. The van der Waals surface area contributed by atoms with E-state index in [9.17, 15) is 0 Å². The molecule has 0 fully saturated rings. The minimum absolute atomic E-state index is 0.143. The Balaban J connectivity index is 2.24. The first-order valence-electron chi connectivity index (χ1n) is 7.91. The van der Waals surface area contributed by atoms with E-state index >= 15 is 0 Å². The summed E-state index contributed by atoms with van der Waals surface area (Å²) in [6, 6.07) is 10.9. The van der Waals surface area contributed by atoms with Gasteiger partial charge in [0.2, 0.25) is 0 Å². The van der Waals surface area contributed by atoms with Crippen molar-refractivity contribution in [2.45, 2.75) is 39.2 Å². The number of pyridine rings is 1. The van der Waals surface area contributed by atoms with Crippen LogP contribution in [-0.4, -0.2) is 16.9 Å². The molecule has 2 aromatic rings. The van der Waals surface area contributed by atoms with Crippen molar-refractivity contribution in [3.63, 3.8) is 0 Å². The van der Waals surface area contributed by atoms with Gasteiger partial charge >= 0.3 is 0 Å². The molecule has 0 aliphatic carbocycles. The average Bonchev–Trinajstić information content (AvgIpc) is 2.48. The van der Waals surface area contributed by atoms with Crippen molar-refractivity contribution in [3.8, 4) is 0 Å². The van der Waals surface area contributed by atoms with Crippen molar-refractivity contribution in [1.82, 2.24) is 9.88 Å². The fourth-order valence-corrected chi connectivity index (χ4v) is 3.18. The van der Waals surface area contributed by atoms with Crippen molar-refractivity contribution >= 4 is 12.3 Å². The maximum Gasteiger partial charge on any atom is 0.0858 e. The van der Waals surface area contributed by atoms with Crippen LogP contribution < -0.4 is 10.6 Å². The largest absolute Gasteiger partial charge is 0.366 e. The molecule has 0 amide bonds. The molecule has 0 saturated carbocycles. The number of hydrogen-bond donors (Lipinski definition) is 0. The maximum atomic E-state index is 4.64. The van der Waals surface area contributed by atoms with E-state index in [2.05, 4.69) is 87.2 Å². The molecule has 0 radical (unpaired) electrons. The highest BCUT2D eigenvalue weighted by molar-refractivity contribution is 5.53. The van der Waals surface area contributed by atoms with Crippen LogP contribution in [0, 0.1) is 6.92 Å². The van der Waals surface area contributed by atoms with E-state index < -0.39 is 0 Å². The number of nitrogens with zero attached hydrogens (tertiary/aromatic N) is 2. The smallest absolute Gasteiger partial charge is 0.0858 e. The highest BCUT2D eigenvalue weighted by Crippen LogP contribution is 2.32. The van der Waals surface area contributed by atoms with Crippen molar-refractivity contribution in [3.05, 3.63) is 63.8 Å². The number of fused-ring (bicyclic) bond motifs is 1. The van der Waals surface area contributed by atoms with Crippen LogP contribution in [0.1, 0.15) is 43.4 Å². The van der Waals surface area contributed by atoms with Gasteiger partial charge in [0.15, 0.2) is 0 Å². The zero-order valence-electron chi connectivity index (χ0n) is 14.1. The molecule has 1 aliphatic rings. The lowest BCUT2D eigenvalue weighted by Crippen LogP contribution is -2.47. The van der Waals surface area contributed by atoms with Crippen LogP contribution in [0.3, 0.4) is 0 Å². The summed E-state index contributed by atoms with van der Waals surface area (Å²) in [5.74, 6) is 0.496. The van der Waals surface area contributed by atoms with Crippen LogP contribution in [0.5, 0.6) is 0 Å². The normalized spacial score (nSPS) is 20.4. The highest BCUT2D eigenvalue weighted by atomic mass is 15.2. The molecule has 114 valence electrons. The van der Waals surface area contributed by atoms with E-state index in [-0.39, 0.29) is 5.54 Å². The van der Waals surface area contributed by atoms with Gasteiger partial charge in [-0.15, -0.1) is 0 Å². The number of aromatic nitrogens is 1. The van der Waals surface area contributed by atoms with Crippen molar-refractivity contribution < 1.29 is 0 Å². The van der Waals surface area contributed by atoms with Crippen LogP contribution in [-0.2, 0) is 5.54 Å². The van der Waals surface area contributed by atoms with Gasteiger partial charge in [0.25, 0.3) is 0 Å². The van der Waals surface area contributed by atoms with Crippen LogP contribution in [0.4, 0.5) is 0 Å². The van der Waals surface area contributed by atoms with Gasteiger partial charge in [0, 0.05) is 24.7 Å². The Labute approximate surface area is 132 Å². The second-order valence-corrected chi connectivity index (χ2v) is 6.74. The Morgan fingerprint density at radius 3 is 2.59 bits per heavy atom. The molecule has 1 atom stereocenters. The van der Waals surface area contributed by atoms with E-state index in [4.69, 9.17) is 0 Å². The van der Waals surface area contributed by atoms with E-state index in [1.165, 1.54) is 21.9 Å². The molecule has 0 bridgehead atoms. The molecule has 1 aliphatic heterocycles. The highest BCUT2D eigenvalue weighted by Gasteiger charge is 2.30. The lowest BCUT2D eigenvalue weighted by molar-refractivity contribution is 0.308. The molecule has 22 heavy (non-hydrogen) atoms. The first-order chi connectivity index (χ1) is 10.4. The molecule has 0 spiro atoms. The monoisotopic (exact) mass is 292 g/mol. The SMILES string of the molecule is Cc1ccccc1C1(C)C=c2cc(C(C)C)cnc2=CN1C. The summed E-state index contributed by atoms with van der Waals surface area (Å²) in [5, 5.41) is 2.29. The standard InChI is InChI=1S/C20H24N2/c1-14(2)17-10-16-11-20(4,18-9-7-6-8-15(18)3)22(5)13-19(16)21-12-17/h6-14H,1-5H3. The van der Waals surface area contributed by atoms with Crippen LogP contribution in [0.25, 0.3) is 12.3 Å². The van der Waals surface area contributed by atoms with E-state index in [0.29, 0.717) is 5.92 Å². The average molecular weight is 292 g/mol. The lowest BCUT2D eigenvalue weighted by Gasteiger charge is -2.39. The molecule has 2 heterocycles. The molecule has 1 aromatic carbocycles. The van der Waals surface area contributed by atoms with Gasteiger partial charge in [-0.05, 0) is 48.6 Å². The Bertz CT molecular complexity index is 820. The van der Waals surface area contributed by atoms with Gasteiger partial charge in [-0.2, -0.15) is 0 Å². The molecule has 2 nitrogen and oxygen atoms in total. The van der Waals surface area contributed by atoms with Gasteiger partial charge in [-0.3, -0.25) is 4.98 Å². The van der Waals surface area contributed by atoms with E-state index in [1.54, 1.807) is 0 Å². The summed E-state index contributed by atoms with van der Waals surface area (Å²) in [7, 11) is 2.13. The summed E-state index contributed by atoms with van der Waals surface area (Å²) in [4.78, 5) is 6.91. The van der Waals surface area contributed by atoms with Gasteiger partial charge in [-0.25, -0.2) is 0 Å². The second kappa shape index (κ2) is 5.28.